The van der Waals surface area contributed by atoms with Crippen LogP contribution in [0.4, 0.5) is 0 Å². The summed E-state index contributed by atoms with van der Waals surface area (Å²) in [6.07, 6.45) is 11.7. The molecule has 0 saturated heterocycles. The van der Waals surface area contributed by atoms with Crippen molar-refractivity contribution >= 4 is 0 Å². The largest absolute Gasteiger partial charge is 0.507 e. The molecule has 0 aliphatic heterocycles. The van der Waals surface area contributed by atoms with Gasteiger partial charge in [0.1, 0.15) is 46.0 Å². The molecule has 4 aromatic rings. The highest BCUT2D eigenvalue weighted by Crippen LogP contribution is 2.56. The summed E-state index contributed by atoms with van der Waals surface area (Å²) in [5.41, 5.74) is 4.24. The molecule has 1 aliphatic carbocycles. The Hall–Kier alpha value is -4.88. The van der Waals surface area contributed by atoms with Crippen molar-refractivity contribution in [3.63, 3.8) is 0 Å². The Morgan fingerprint density at radius 3 is 0.583 bits per heavy atom. The topological polar surface area (TPSA) is 199 Å². The zero-order chi connectivity index (χ0) is 52.5. The molecule has 0 heterocycles. The van der Waals surface area contributed by atoms with Gasteiger partial charge < -0.3 is 59.8 Å². The quantitative estimate of drug-likeness (QED) is 0.0251. The van der Waals surface area contributed by atoms with Gasteiger partial charge in [-0.3, -0.25) is 0 Å². The molecule has 0 fully saturated rings. The van der Waals surface area contributed by atoms with E-state index in [2.05, 4.69) is 27.7 Å². The number of ether oxygens (including phenoxy) is 4. The molecule has 72 heavy (non-hydrogen) atoms. The highest BCUT2D eigenvalue weighted by Gasteiger charge is 2.37. The van der Waals surface area contributed by atoms with Crippen LogP contribution in [0.1, 0.15) is 249 Å². The maximum absolute atomic E-state index is 12.7. The monoisotopic (exact) mass is 1000 g/mol. The third-order valence-corrected chi connectivity index (χ3v) is 14.9. The molecule has 12 heteroatoms. The lowest BCUT2D eigenvalue weighted by atomic mass is 9.74. The zero-order valence-corrected chi connectivity index (χ0v) is 44.8. The third-order valence-electron chi connectivity index (χ3n) is 14.9. The lowest BCUT2D eigenvalue weighted by molar-refractivity contribution is 0.129. The van der Waals surface area contributed by atoms with E-state index in [4.69, 9.17) is 18.9 Å². The van der Waals surface area contributed by atoms with Crippen LogP contribution in [-0.4, -0.2) is 67.3 Å². The van der Waals surface area contributed by atoms with Gasteiger partial charge in [0.05, 0.1) is 48.7 Å². The summed E-state index contributed by atoms with van der Waals surface area (Å²) in [4.78, 5) is 0. The van der Waals surface area contributed by atoms with E-state index >= 15 is 0 Å². The lowest BCUT2D eigenvalue weighted by Crippen LogP contribution is -2.14. The van der Waals surface area contributed by atoms with Gasteiger partial charge in [-0.05, 0) is 77.6 Å². The normalized spacial score (nSPS) is 16.7. The number of fused-ring (bicyclic) bond motifs is 8. The van der Waals surface area contributed by atoms with Gasteiger partial charge in [0.15, 0.2) is 0 Å². The van der Waals surface area contributed by atoms with Crippen molar-refractivity contribution in [2.75, 3.05) is 26.4 Å². The predicted octanol–water partition coefficient (Wildman–Crippen LogP) is 14.6. The first kappa shape index (κ1) is 58.0. The zero-order valence-electron chi connectivity index (χ0n) is 44.8. The van der Waals surface area contributed by atoms with Gasteiger partial charge in [-0.25, -0.2) is 0 Å². The molecule has 0 radical (unpaired) electrons. The van der Waals surface area contributed by atoms with E-state index in [1.807, 2.05) is 52.0 Å². The van der Waals surface area contributed by atoms with Crippen molar-refractivity contribution in [3.8, 4) is 46.0 Å². The predicted molar refractivity (Wildman–Crippen MR) is 284 cm³/mol. The molecule has 1 aliphatic rings. The molecular formula is C60H88O12. The Bertz CT molecular complexity index is 1920. The van der Waals surface area contributed by atoms with Crippen molar-refractivity contribution in [1.29, 1.82) is 0 Å². The third kappa shape index (κ3) is 13.1. The molecule has 0 unspecified atom stereocenters. The first-order chi connectivity index (χ1) is 34.8. The standard InChI is InChI=1S/C60H88O12/c1-9-17-21-25-37-41-29-43(55(63)49(53(41)61)33-69-13-5)38(26-22-18-10-2)45-31-47(59(67)51(57(45)65)35-71-15-7)40(28-24-20-12-4)48-32-46(58(66)52(60(48)68)36-72-16-8)39(27-23-19-11-3)44-30-42(37)54(62)50(56(44)64)34-70-14-6/h29-32,37-40,61-68H,9-28,33-36H2,1-8H3. The van der Waals surface area contributed by atoms with Gasteiger partial charge in [-0.1, -0.05) is 105 Å². The summed E-state index contributed by atoms with van der Waals surface area (Å²) in [5, 5.41) is 101. The summed E-state index contributed by atoms with van der Waals surface area (Å²) < 4.78 is 23.9. The van der Waals surface area contributed by atoms with Crippen LogP contribution in [0.25, 0.3) is 0 Å². The van der Waals surface area contributed by atoms with Crippen LogP contribution in [0, 0.1) is 0 Å². The lowest BCUT2D eigenvalue weighted by Gasteiger charge is -2.32. The second kappa shape index (κ2) is 28.5. The van der Waals surface area contributed by atoms with Crippen molar-refractivity contribution in [2.45, 2.75) is 208 Å². The number of hydrogen-bond donors (Lipinski definition) is 8. The van der Waals surface area contributed by atoms with Crippen LogP contribution >= 0.6 is 0 Å². The highest BCUT2D eigenvalue weighted by atomic mass is 16.5. The molecule has 4 aromatic carbocycles. The average Bonchev–Trinajstić information content (AvgIpc) is 3.36. The fourth-order valence-corrected chi connectivity index (χ4v) is 10.9. The molecule has 8 bridgehead atoms. The SMILES string of the molecule is CCCCCC1c2cc(c(O)c(COCC)c2O)C(CCCCC)c2cc(c(O)c(COCC)c2O)C(CCCCC)c2cc(c(O)c(COCC)c2O)C(CCCCC)c2cc1c(O)c(COCC)c2O. The van der Waals surface area contributed by atoms with Gasteiger partial charge in [-0.2, -0.15) is 0 Å². The van der Waals surface area contributed by atoms with Crippen LogP contribution in [0.5, 0.6) is 46.0 Å². The molecule has 0 amide bonds. The van der Waals surface area contributed by atoms with E-state index < -0.39 is 23.7 Å². The summed E-state index contributed by atoms with van der Waals surface area (Å²) >= 11 is 0. The molecular weight excluding hydrogens is 913 g/mol. The van der Waals surface area contributed by atoms with E-state index in [0.717, 1.165) is 51.4 Å². The maximum Gasteiger partial charge on any atom is 0.128 e. The number of hydrogen-bond acceptors (Lipinski definition) is 12. The number of rotatable bonds is 28. The minimum Gasteiger partial charge on any atom is -0.507 e. The van der Waals surface area contributed by atoms with Gasteiger partial charge in [0.25, 0.3) is 0 Å². The minimum atomic E-state index is -0.700. The number of aromatic hydroxyl groups is 8. The maximum atomic E-state index is 12.7. The van der Waals surface area contributed by atoms with Crippen LogP contribution in [0.2, 0.25) is 0 Å². The van der Waals surface area contributed by atoms with Crippen LogP contribution in [0.15, 0.2) is 24.3 Å². The van der Waals surface area contributed by atoms with Crippen molar-refractivity contribution in [3.05, 3.63) is 91.0 Å². The van der Waals surface area contributed by atoms with Gasteiger partial charge in [0.2, 0.25) is 0 Å². The Morgan fingerprint density at radius 1 is 0.278 bits per heavy atom. The highest BCUT2D eigenvalue weighted by molar-refractivity contribution is 5.67. The van der Waals surface area contributed by atoms with Gasteiger partial charge >= 0.3 is 0 Å². The second-order valence-electron chi connectivity index (χ2n) is 19.7. The first-order valence-corrected chi connectivity index (χ1v) is 27.4. The van der Waals surface area contributed by atoms with Crippen molar-refractivity contribution < 1.29 is 59.8 Å². The Labute approximate surface area is 430 Å². The van der Waals surface area contributed by atoms with Gasteiger partial charge in [0, 0.05) is 94.6 Å². The molecule has 0 saturated carbocycles. The smallest absolute Gasteiger partial charge is 0.128 e. The number of phenolic OH excluding ortho intramolecular Hbond substituents is 8. The minimum absolute atomic E-state index is 0.126. The number of unbranched alkanes of at least 4 members (excludes halogenated alkanes) is 8. The van der Waals surface area contributed by atoms with Crippen molar-refractivity contribution in [1.82, 2.24) is 0 Å². The van der Waals surface area contributed by atoms with Crippen LogP contribution in [0.3, 0.4) is 0 Å². The van der Waals surface area contributed by atoms with E-state index in [1.54, 1.807) is 0 Å². The molecule has 400 valence electrons. The number of benzene rings is 4. The Kier molecular flexibility index (Phi) is 23.0. The van der Waals surface area contributed by atoms with Crippen LogP contribution in [-0.2, 0) is 45.4 Å². The fraction of sp³-hybridized carbons (Fsp3) is 0.600. The molecule has 8 N–H and O–H groups in total. The first-order valence-electron chi connectivity index (χ1n) is 27.4. The molecule has 5 rings (SSSR count). The Morgan fingerprint density at radius 2 is 0.444 bits per heavy atom. The van der Waals surface area contributed by atoms with E-state index in [1.165, 1.54) is 0 Å². The number of phenols is 8. The molecule has 0 spiro atoms. The van der Waals surface area contributed by atoms with Gasteiger partial charge in [-0.15, -0.1) is 0 Å². The summed E-state index contributed by atoms with van der Waals surface area (Å²) in [5.74, 6) is -4.21. The van der Waals surface area contributed by atoms with Crippen molar-refractivity contribution in [2.24, 2.45) is 0 Å². The molecule has 0 aromatic heterocycles. The fourth-order valence-electron chi connectivity index (χ4n) is 10.9. The van der Waals surface area contributed by atoms with E-state index in [0.29, 0.717) is 122 Å². The van der Waals surface area contributed by atoms with Crippen LogP contribution < -0.4 is 0 Å². The summed E-state index contributed by atoms with van der Waals surface area (Å²) in [6.45, 7) is 16.5. The summed E-state index contributed by atoms with van der Waals surface area (Å²) in [6, 6.07) is 7.27. The van der Waals surface area contributed by atoms with E-state index in [-0.39, 0.29) is 94.7 Å². The van der Waals surface area contributed by atoms with E-state index in [9.17, 15) is 40.9 Å². The Balaban J connectivity index is 2.15. The molecule has 12 nitrogen and oxygen atoms in total. The molecule has 0 atom stereocenters. The average molecular weight is 1000 g/mol. The second-order valence-corrected chi connectivity index (χ2v) is 19.7. The summed E-state index contributed by atoms with van der Waals surface area (Å²) in [7, 11) is 0.